The fourth-order valence-corrected chi connectivity index (χ4v) is 3.04. The summed E-state index contributed by atoms with van der Waals surface area (Å²) in [4.78, 5) is 24.1. The minimum absolute atomic E-state index is 0.0788. The zero-order valence-electron chi connectivity index (χ0n) is 14.7. The fourth-order valence-electron chi connectivity index (χ4n) is 3.04. The quantitative estimate of drug-likeness (QED) is 0.908. The predicted octanol–water partition coefficient (Wildman–Crippen LogP) is 2.18. The Morgan fingerprint density at radius 1 is 1.54 bits per heavy atom. The van der Waals surface area contributed by atoms with Crippen LogP contribution < -0.4 is 0 Å². The predicted molar refractivity (Wildman–Crippen MR) is 89.7 cm³/mol. The molecule has 3 heterocycles. The molecule has 0 radical (unpaired) electrons. The van der Waals surface area contributed by atoms with Crippen LogP contribution in [0.5, 0.6) is 0 Å². The van der Waals surface area contributed by atoms with E-state index in [0.717, 1.165) is 25.1 Å². The maximum absolute atomic E-state index is 12.6. The standard InChI is InChI=1S/C17H25N5O2/c1-11(2)16-19-14(20-24-16)10-21(4)13-6-8-22(9-13)17(23)15-12(3)5-7-18-15/h5,7,11,13,18H,6,8-10H2,1-4H3. The number of likely N-dealkylation sites (N-methyl/N-ethyl adjacent to an activating group) is 1. The van der Waals surface area contributed by atoms with E-state index in [1.54, 1.807) is 0 Å². The molecule has 130 valence electrons. The van der Waals surface area contributed by atoms with Crippen LogP contribution in [0.15, 0.2) is 16.8 Å². The molecule has 24 heavy (non-hydrogen) atoms. The Hall–Kier alpha value is -2.15. The van der Waals surface area contributed by atoms with E-state index in [9.17, 15) is 4.79 Å². The van der Waals surface area contributed by atoms with Gasteiger partial charge in [0.15, 0.2) is 5.82 Å². The van der Waals surface area contributed by atoms with Crippen molar-refractivity contribution in [3.63, 3.8) is 0 Å². The lowest BCUT2D eigenvalue weighted by Crippen LogP contribution is -2.36. The molecule has 0 aliphatic carbocycles. The Balaban J connectivity index is 1.58. The molecule has 7 nitrogen and oxygen atoms in total. The highest BCUT2D eigenvalue weighted by atomic mass is 16.5. The van der Waals surface area contributed by atoms with E-state index in [4.69, 9.17) is 4.52 Å². The molecule has 7 heteroatoms. The van der Waals surface area contributed by atoms with Gasteiger partial charge in [-0.05, 0) is 32.0 Å². The number of aromatic nitrogens is 3. The van der Waals surface area contributed by atoms with Gasteiger partial charge in [0.05, 0.1) is 6.54 Å². The summed E-state index contributed by atoms with van der Waals surface area (Å²) in [5.41, 5.74) is 1.68. The van der Waals surface area contributed by atoms with Gasteiger partial charge in [-0.2, -0.15) is 4.98 Å². The van der Waals surface area contributed by atoms with E-state index in [-0.39, 0.29) is 11.8 Å². The SMILES string of the molecule is Cc1cc[nH]c1C(=O)N1CCC(N(C)Cc2noc(C(C)C)n2)C1. The molecule has 2 aromatic heterocycles. The Bertz CT molecular complexity index is 705. The Morgan fingerprint density at radius 3 is 2.96 bits per heavy atom. The zero-order valence-corrected chi connectivity index (χ0v) is 14.7. The summed E-state index contributed by atoms with van der Waals surface area (Å²) >= 11 is 0. The average Bonchev–Trinajstić information content (AvgIpc) is 3.26. The van der Waals surface area contributed by atoms with Gasteiger partial charge in [0.1, 0.15) is 5.69 Å². The molecular weight excluding hydrogens is 306 g/mol. The van der Waals surface area contributed by atoms with Gasteiger partial charge in [-0.3, -0.25) is 9.69 Å². The monoisotopic (exact) mass is 331 g/mol. The number of aromatic amines is 1. The minimum Gasteiger partial charge on any atom is -0.357 e. The van der Waals surface area contributed by atoms with Gasteiger partial charge in [0.2, 0.25) is 5.89 Å². The first-order chi connectivity index (χ1) is 11.5. The lowest BCUT2D eigenvalue weighted by atomic mass is 10.2. The van der Waals surface area contributed by atoms with E-state index in [1.165, 1.54) is 0 Å². The first-order valence-corrected chi connectivity index (χ1v) is 8.41. The molecule has 0 bridgehead atoms. The summed E-state index contributed by atoms with van der Waals surface area (Å²) in [5, 5.41) is 4.04. The number of nitrogens with one attached hydrogen (secondary N) is 1. The lowest BCUT2D eigenvalue weighted by molar-refractivity contribution is 0.0773. The molecule has 0 saturated carbocycles. The third-order valence-corrected chi connectivity index (χ3v) is 4.61. The maximum atomic E-state index is 12.6. The van der Waals surface area contributed by atoms with Crippen LogP contribution in [0.1, 0.15) is 54.0 Å². The third-order valence-electron chi connectivity index (χ3n) is 4.61. The molecule has 1 N–H and O–H groups in total. The molecular formula is C17H25N5O2. The number of amides is 1. The van der Waals surface area contributed by atoms with Gasteiger partial charge >= 0.3 is 0 Å². The number of aryl methyl sites for hydroxylation is 1. The molecule has 1 aliphatic rings. The highest BCUT2D eigenvalue weighted by molar-refractivity contribution is 5.94. The second-order valence-electron chi connectivity index (χ2n) is 6.85. The first-order valence-electron chi connectivity index (χ1n) is 8.41. The number of rotatable bonds is 5. The number of H-pyrrole nitrogens is 1. The van der Waals surface area contributed by atoms with Crippen LogP contribution in [0.2, 0.25) is 0 Å². The zero-order chi connectivity index (χ0) is 17.3. The second kappa shape index (κ2) is 6.76. The van der Waals surface area contributed by atoms with Crippen LogP contribution in [0, 0.1) is 6.92 Å². The molecule has 1 unspecified atom stereocenters. The van der Waals surface area contributed by atoms with Crippen molar-refractivity contribution in [2.75, 3.05) is 20.1 Å². The van der Waals surface area contributed by atoms with Gasteiger partial charge in [0, 0.05) is 31.2 Å². The van der Waals surface area contributed by atoms with E-state index in [2.05, 4.69) is 20.0 Å². The summed E-state index contributed by atoms with van der Waals surface area (Å²) in [6.07, 6.45) is 2.77. The van der Waals surface area contributed by atoms with Gasteiger partial charge < -0.3 is 14.4 Å². The molecule has 1 atom stereocenters. The van der Waals surface area contributed by atoms with Crippen molar-refractivity contribution >= 4 is 5.91 Å². The maximum Gasteiger partial charge on any atom is 0.270 e. The summed E-state index contributed by atoms with van der Waals surface area (Å²) in [6, 6.07) is 2.24. The number of nitrogens with zero attached hydrogens (tertiary/aromatic N) is 4. The lowest BCUT2D eigenvalue weighted by Gasteiger charge is -2.23. The van der Waals surface area contributed by atoms with Gasteiger partial charge in [-0.25, -0.2) is 0 Å². The summed E-state index contributed by atoms with van der Waals surface area (Å²) in [7, 11) is 2.05. The van der Waals surface area contributed by atoms with Crippen molar-refractivity contribution in [3.05, 3.63) is 35.2 Å². The summed E-state index contributed by atoms with van der Waals surface area (Å²) in [6.45, 7) is 8.14. The average molecular weight is 331 g/mol. The van der Waals surface area contributed by atoms with Crippen molar-refractivity contribution in [3.8, 4) is 0 Å². The molecule has 0 spiro atoms. The van der Waals surface area contributed by atoms with E-state index in [0.29, 0.717) is 30.0 Å². The molecule has 1 amide bonds. The second-order valence-corrected chi connectivity index (χ2v) is 6.85. The normalized spacial score (nSPS) is 18.1. The largest absolute Gasteiger partial charge is 0.357 e. The van der Waals surface area contributed by atoms with E-state index >= 15 is 0 Å². The van der Waals surface area contributed by atoms with Gasteiger partial charge in [0.25, 0.3) is 5.91 Å². The minimum atomic E-state index is 0.0788. The van der Waals surface area contributed by atoms with Crippen molar-refractivity contribution in [1.29, 1.82) is 0 Å². The number of hydrogen-bond donors (Lipinski definition) is 1. The highest BCUT2D eigenvalue weighted by Gasteiger charge is 2.30. The van der Waals surface area contributed by atoms with Crippen molar-refractivity contribution in [2.45, 2.75) is 45.7 Å². The highest BCUT2D eigenvalue weighted by Crippen LogP contribution is 2.20. The molecule has 1 saturated heterocycles. The third kappa shape index (κ3) is 3.36. The van der Waals surface area contributed by atoms with Crippen LogP contribution in [0.4, 0.5) is 0 Å². The summed E-state index contributed by atoms with van der Waals surface area (Å²) < 4.78 is 5.25. The van der Waals surface area contributed by atoms with Crippen molar-refractivity contribution in [1.82, 2.24) is 24.9 Å². The smallest absolute Gasteiger partial charge is 0.270 e. The molecule has 2 aromatic rings. The van der Waals surface area contributed by atoms with Crippen LogP contribution in [-0.4, -0.2) is 57.0 Å². The van der Waals surface area contributed by atoms with Crippen LogP contribution in [-0.2, 0) is 6.54 Å². The molecule has 0 aromatic carbocycles. The van der Waals surface area contributed by atoms with Crippen molar-refractivity contribution in [2.24, 2.45) is 0 Å². The Kier molecular flexibility index (Phi) is 4.71. The first kappa shape index (κ1) is 16.7. The Morgan fingerprint density at radius 2 is 2.33 bits per heavy atom. The molecule has 3 rings (SSSR count). The topological polar surface area (TPSA) is 78.3 Å². The number of carbonyl (C=O) groups is 1. The number of likely N-dealkylation sites (tertiary alicyclic amines) is 1. The molecule has 1 fully saturated rings. The molecule has 1 aliphatic heterocycles. The fraction of sp³-hybridized carbons (Fsp3) is 0.588. The van der Waals surface area contributed by atoms with E-state index in [1.807, 2.05) is 45.0 Å². The van der Waals surface area contributed by atoms with Gasteiger partial charge in [-0.15, -0.1) is 0 Å². The van der Waals surface area contributed by atoms with Crippen LogP contribution >= 0.6 is 0 Å². The van der Waals surface area contributed by atoms with Gasteiger partial charge in [-0.1, -0.05) is 19.0 Å². The van der Waals surface area contributed by atoms with Crippen LogP contribution in [0.25, 0.3) is 0 Å². The Labute approximate surface area is 142 Å². The summed E-state index contributed by atoms with van der Waals surface area (Å²) in [5.74, 6) is 1.69. The van der Waals surface area contributed by atoms with Crippen LogP contribution in [0.3, 0.4) is 0 Å². The van der Waals surface area contributed by atoms with E-state index < -0.39 is 0 Å². The van der Waals surface area contributed by atoms with Crippen molar-refractivity contribution < 1.29 is 9.32 Å². The number of carbonyl (C=O) groups excluding carboxylic acids is 1. The number of hydrogen-bond acceptors (Lipinski definition) is 5.